The fraction of sp³-hybridized carbons (Fsp3) is 0.118. The number of anilines is 2. The number of nitrogens with one attached hydrogen (secondary N) is 1. The van der Waals surface area contributed by atoms with Gasteiger partial charge in [0.1, 0.15) is 17.2 Å². The molecule has 2 aromatic rings. The molecule has 10 heteroatoms. The maximum atomic E-state index is 13.9. The molecule has 140 valence electrons. The molecule has 2 amide bonds. The SMILES string of the molecule is O=C(Nc1ccc(F)cc1)C1=NN(c2c(F)c(F)cc(F)c2F)C(=O)CC1. The zero-order valence-electron chi connectivity index (χ0n) is 13.4. The molecule has 5 nitrogen and oxygen atoms in total. The molecule has 0 saturated carbocycles. The molecule has 0 spiro atoms. The van der Waals surface area contributed by atoms with Crippen molar-refractivity contribution in [2.45, 2.75) is 12.8 Å². The van der Waals surface area contributed by atoms with E-state index in [9.17, 15) is 31.5 Å². The first-order chi connectivity index (χ1) is 12.8. The summed E-state index contributed by atoms with van der Waals surface area (Å²) in [6.45, 7) is 0. The lowest BCUT2D eigenvalue weighted by atomic mass is 10.1. The molecule has 3 rings (SSSR count). The van der Waals surface area contributed by atoms with E-state index >= 15 is 0 Å². The Morgan fingerprint density at radius 3 is 2.15 bits per heavy atom. The number of nitrogens with zero attached hydrogens (tertiary/aromatic N) is 2. The Morgan fingerprint density at radius 2 is 1.56 bits per heavy atom. The van der Waals surface area contributed by atoms with Crippen LogP contribution in [0.2, 0.25) is 0 Å². The monoisotopic (exact) mass is 383 g/mol. The van der Waals surface area contributed by atoms with Gasteiger partial charge in [0.25, 0.3) is 5.91 Å². The van der Waals surface area contributed by atoms with E-state index in [0.29, 0.717) is 0 Å². The Labute approximate surface area is 149 Å². The van der Waals surface area contributed by atoms with Gasteiger partial charge in [-0.25, -0.2) is 22.0 Å². The molecule has 0 saturated heterocycles. The molecule has 0 bridgehead atoms. The Balaban J connectivity index is 1.94. The van der Waals surface area contributed by atoms with Crippen LogP contribution in [-0.4, -0.2) is 17.5 Å². The highest BCUT2D eigenvalue weighted by Crippen LogP contribution is 2.30. The fourth-order valence-electron chi connectivity index (χ4n) is 2.37. The van der Waals surface area contributed by atoms with Crippen molar-refractivity contribution in [2.75, 3.05) is 10.3 Å². The van der Waals surface area contributed by atoms with Crippen LogP contribution in [0.25, 0.3) is 0 Å². The van der Waals surface area contributed by atoms with Crippen LogP contribution in [-0.2, 0) is 9.59 Å². The summed E-state index contributed by atoms with van der Waals surface area (Å²) < 4.78 is 67.6. The van der Waals surface area contributed by atoms with Crippen LogP contribution in [0.3, 0.4) is 0 Å². The Kier molecular flexibility index (Phi) is 4.89. The van der Waals surface area contributed by atoms with Gasteiger partial charge >= 0.3 is 0 Å². The number of halogens is 5. The minimum absolute atomic E-state index is 0.00550. The number of benzene rings is 2. The minimum Gasteiger partial charge on any atom is -0.321 e. The summed E-state index contributed by atoms with van der Waals surface area (Å²) in [7, 11) is 0. The van der Waals surface area contributed by atoms with Crippen molar-refractivity contribution in [2.24, 2.45) is 5.10 Å². The second kappa shape index (κ2) is 7.14. The molecular weight excluding hydrogens is 373 g/mol. The maximum absolute atomic E-state index is 13.9. The normalized spacial score (nSPS) is 14.2. The number of hydrazone groups is 1. The Hall–Kier alpha value is -3.30. The lowest BCUT2D eigenvalue weighted by molar-refractivity contribution is -0.118. The van der Waals surface area contributed by atoms with Crippen LogP contribution in [0.1, 0.15) is 12.8 Å². The van der Waals surface area contributed by atoms with Gasteiger partial charge in [0.05, 0.1) is 0 Å². The molecule has 1 aliphatic rings. The molecule has 0 aromatic heterocycles. The number of rotatable bonds is 3. The number of hydrogen-bond donors (Lipinski definition) is 1. The number of carbonyl (C=O) groups is 2. The molecule has 1 aliphatic heterocycles. The van der Waals surface area contributed by atoms with Gasteiger partial charge in [0, 0.05) is 24.6 Å². The van der Waals surface area contributed by atoms with E-state index in [-0.39, 0.29) is 35.3 Å². The molecule has 0 unspecified atom stereocenters. The highest BCUT2D eigenvalue weighted by Gasteiger charge is 2.32. The third kappa shape index (κ3) is 3.64. The van der Waals surface area contributed by atoms with E-state index in [1.54, 1.807) is 0 Å². The van der Waals surface area contributed by atoms with E-state index in [2.05, 4.69) is 10.4 Å². The van der Waals surface area contributed by atoms with Gasteiger partial charge < -0.3 is 5.32 Å². The van der Waals surface area contributed by atoms with Crippen molar-refractivity contribution in [3.8, 4) is 0 Å². The zero-order chi connectivity index (χ0) is 19.7. The zero-order valence-corrected chi connectivity index (χ0v) is 13.4. The lowest BCUT2D eigenvalue weighted by Gasteiger charge is -2.24. The molecule has 27 heavy (non-hydrogen) atoms. The molecule has 1 heterocycles. The van der Waals surface area contributed by atoms with Crippen molar-refractivity contribution in [1.29, 1.82) is 0 Å². The summed E-state index contributed by atoms with van der Waals surface area (Å²) >= 11 is 0. The van der Waals surface area contributed by atoms with Crippen molar-refractivity contribution < 1.29 is 31.5 Å². The smallest absolute Gasteiger partial charge is 0.271 e. The predicted octanol–water partition coefficient (Wildman–Crippen LogP) is 3.50. The van der Waals surface area contributed by atoms with Crippen LogP contribution in [0.15, 0.2) is 35.4 Å². The molecule has 0 radical (unpaired) electrons. The van der Waals surface area contributed by atoms with E-state index in [0.717, 1.165) is 12.1 Å². The summed E-state index contributed by atoms with van der Waals surface area (Å²) in [4.78, 5) is 24.2. The van der Waals surface area contributed by atoms with Crippen LogP contribution in [0, 0.1) is 29.1 Å². The van der Waals surface area contributed by atoms with Gasteiger partial charge in [-0.3, -0.25) is 9.59 Å². The maximum Gasteiger partial charge on any atom is 0.271 e. The van der Waals surface area contributed by atoms with Gasteiger partial charge in [-0.1, -0.05) is 0 Å². The van der Waals surface area contributed by atoms with E-state index < -0.39 is 46.6 Å². The van der Waals surface area contributed by atoms with Gasteiger partial charge in [-0.15, -0.1) is 0 Å². The van der Waals surface area contributed by atoms with E-state index in [1.165, 1.54) is 12.1 Å². The third-order valence-corrected chi connectivity index (χ3v) is 3.70. The summed E-state index contributed by atoms with van der Waals surface area (Å²) in [5.41, 5.74) is -1.44. The van der Waals surface area contributed by atoms with Crippen LogP contribution < -0.4 is 10.3 Å². The fourth-order valence-corrected chi connectivity index (χ4v) is 2.37. The predicted molar refractivity (Wildman–Crippen MR) is 85.5 cm³/mol. The largest absolute Gasteiger partial charge is 0.321 e. The number of carbonyl (C=O) groups excluding carboxylic acids is 2. The van der Waals surface area contributed by atoms with Crippen LogP contribution in [0.4, 0.5) is 33.3 Å². The average molecular weight is 383 g/mol. The third-order valence-electron chi connectivity index (χ3n) is 3.70. The van der Waals surface area contributed by atoms with Crippen LogP contribution >= 0.6 is 0 Å². The molecule has 0 aliphatic carbocycles. The van der Waals surface area contributed by atoms with Gasteiger partial charge in [-0.2, -0.15) is 10.1 Å². The summed E-state index contributed by atoms with van der Waals surface area (Å²) in [6, 6.07) is 4.71. The molecule has 2 aromatic carbocycles. The number of hydrogen-bond acceptors (Lipinski definition) is 3. The quantitative estimate of drug-likeness (QED) is 0.652. The van der Waals surface area contributed by atoms with Crippen molar-refractivity contribution in [3.05, 3.63) is 59.4 Å². The van der Waals surface area contributed by atoms with E-state index in [4.69, 9.17) is 0 Å². The molecule has 0 atom stereocenters. The standard InChI is InChI=1S/C17H10F5N3O2/c18-8-1-3-9(4-2-8)23-17(27)12-5-6-13(26)25(24-12)16-14(21)10(19)7-11(20)15(16)22/h1-4,7H,5-6H2,(H,23,27). The Morgan fingerprint density at radius 1 is 0.963 bits per heavy atom. The van der Waals surface area contributed by atoms with E-state index in [1.807, 2.05) is 0 Å². The second-order valence-electron chi connectivity index (χ2n) is 5.53. The molecule has 0 fully saturated rings. The summed E-state index contributed by atoms with van der Waals surface area (Å²) in [5, 5.41) is 6.04. The lowest BCUT2D eigenvalue weighted by Crippen LogP contribution is -2.37. The summed E-state index contributed by atoms with van der Waals surface area (Å²) in [5.74, 6) is -9.35. The van der Waals surface area contributed by atoms with Gasteiger partial charge in [0.15, 0.2) is 23.3 Å². The van der Waals surface area contributed by atoms with Gasteiger partial charge in [-0.05, 0) is 24.3 Å². The average Bonchev–Trinajstić information content (AvgIpc) is 2.63. The topological polar surface area (TPSA) is 61.8 Å². The van der Waals surface area contributed by atoms with Crippen LogP contribution in [0.5, 0.6) is 0 Å². The summed E-state index contributed by atoms with van der Waals surface area (Å²) in [6.07, 6.45) is -0.532. The first-order valence-electron chi connectivity index (χ1n) is 7.58. The van der Waals surface area contributed by atoms with Crippen molar-refractivity contribution in [1.82, 2.24) is 0 Å². The van der Waals surface area contributed by atoms with Crippen molar-refractivity contribution >= 4 is 28.9 Å². The first kappa shape index (κ1) is 18.5. The highest BCUT2D eigenvalue weighted by molar-refractivity contribution is 6.44. The minimum atomic E-state index is -1.81. The molecular formula is C17H10F5N3O2. The van der Waals surface area contributed by atoms with Crippen molar-refractivity contribution in [3.63, 3.8) is 0 Å². The molecule has 1 N–H and O–H groups in total. The first-order valence-corrected chi connectivity index (χ1v) is 7.58. The second-order valence-corrected chi connectivity index (χ2v) is 5.53. The Bertz CT molecular complexity index is 934. The highest BCUT2D eigenvalue weighted by atomic mass is 19.2. The number of amides is 2. The van der Waals surface area contributed by atoms with Gasteiger partial charge in [0.2, 0.25) is 5.91 Å².